The molecule has 0 spiro atoms. The Morgan fingerprint density at radius 1 is 1.04 bits per heavy atom. The van der Waals surface area contributed by atoms with Crippen LogP contribution in [0.5, 0.6) is 0 Å². The average molecular weight is 322 g/mol. The van der Waals surface area contributed by atoms with Crippen LogP contribution < -0.4 is 10.2 Å². The van der Waals surface area contributed by atoms with E-state index in [1.54, 1.807) is 23.1 Å². The van der Waals surface area contributed by atoms with E-state index < -0.39 is 6.17 Å². The third-order valence-electron chi connectivity index (χ3n) is 4.06. The van der Waals surface area contributed by atoms with Crippen LogP contribution in [0.3, 0.4) is 0 Å². The summed E-state index contributed by atoms with van der Waals surface area (Å²) >= 11 is 0. The van der Waals surface area contributed by atoms with Crippen molar-refractivity contribution in [1.29, 1.82) is 0 Å². The fraction of sp³-hybridized carbons (Fsp3) is 0.105. The summed E-state index contributed by atoms with van der Waals surface area (Å²) in [5.74, 6) is 0.883. The number of amides is 1. The quantitative estimate of drug-likeness (QED) is 0.755. The van der Waals surface area contributed by atoms with Crippen molar-refractivity contribution in [3.05, 3.63) is 83.6 Å². The molecule has 2 aromatic carbocycles. The minimum atomic E-state index is -0.494. The number of aryl methyl sites for hydroxylation is 1. The molecule has 0 saturated carbocycles. The summed E-state index contributed by atoms with van der Waals surface area (Å²) in [4.78, 5) is 14.6. The van der Waals surface area contributed by atoms with E-state index in [0.717, 1.165) is 11.4 Å². The third kappa shape index (κ3) is 2.34. The zero-order valence-corrected chi connectivity index (χ0v) is 13.0. The normalized spacial score (nSPS) is 16.7. The van der Waals surface area contributed by atoms with Crippen molar-refractivity contribution in [3.63, 3.8) is 0 Å². The molecule has 0 fully saturated rings. The van der Waals surface area contributed by atoms with E-state index in [1.165, 1.54) is 12.1 Å². The van der Waals surface area contributed by atoms with Gasteiger partial charge in [-0.1, -0.05) is 12.1 Å². The highest BCUT2D eigenvalue weighted by Gasteiger charge is 2.35. The van der Waals surface area contributed by atoms with Gasteiger partial charge in [0.15, 0.2) is 6.17 Å². The summed E-state index contributed by atoms with van der Waals surface area (Å²) in [6.07, 6.45) is -0.494. The molecule has 1 amide bonds. The van der Waals surface area contributed by atoms with Crippen molar-refractivity contribution < 1.29 is 13.6 Å². The van der Waals surface area contributed by atoms with Crippen LogP contribution in [0.1, 0.15) is 28.0 Å². The van der Waals surface area contributed by atoms with Gasteiger partial charge in [0, 0.05) is 11.4 Å². The summed E-state index contributed by atoms with van der Waals surface area (Å²) in [7, 11) is 0. The minimum absolute atomic E-state index is 0.157. The number of benzene rings is 2. The van der Waals surface area contributed by atoms with Gasteiger partial charge in [0.25, 0.3) is 5.91 Å². The molecule has 0 bridgehead atoms. The van der Waals surface area contributed by atoms with Gasteiger partial charge in [-0.25, -0.2) is 4.39 Å². The van der Waals surface area contributed by atoms with Gasteiger partial charge in [0.1, 0.15) is 17.3 Å². The lowest BCUT2D eigenvalue weighted by Crippen LogP contribution is -2.43. The van der Waals surface area contributed by atoms with Gasteiger partial charge in [-0.05, 0) is 55.5 Å². The van der Waals surface area contributed by atoms with Crippen LogP contribution in [0, 0.1) is 12.7 Å². The zero-order chi connectivity index (χ0) is 16.7. The molecule has 24 heavy (non-hydrogen) atoms. The number of fused-ring (bicyclic) bond motifs is 1. The first-order chi connectivity index (χ1) is 11.6. The number of carbonyl (C=O) groups is 1. The molecule has 0 radical (unpaired) electrons. The molecule has 4 nitrogen and oxygen atoms in total. The lowest BCUT2D eigenvalue weighted by Gasteiger charge is -2.36. The molecule has 4 rings (SSSR count). The molecule has 120 valence electrons. The van der Waals surface area contributed by atoms with Crippen LogP contribution in [0.2, 0.25) is 0 Å². The molecule has 1 aromatic heterocycles. The predicted octanol–water partition coefficient (Wildman–Crippen LogP) is 4.50. The lowest BCUT2D eigenvalue weighted by molar-refractivity contribution is 0.0971. The van der Waals surface area contributed by atoms with E-state index in [0.29, 0.717) is 17.0 Å². The molecule has 0 unspecified atom stereocenters. The number of carbonyl (C=O) groups excluding carboxylic acids is 1. The van der Waals surface area contributed by atoms with Crippen LogP contribution in [-0.4, -0.2) is 5.91 Å². The van der Waals surface area contributed by atoms with Gasteiger partial charge in [-0.2, -0.15) is 0 Å². The van der Waals surface area contributed by atoms with Gasteiger partial charge in [-0.15, -0.1) is 0 Å². The monoisotopic (exact) mass is 322 g/mol. The van der Waals surface area contributed by atoms with Crippen LogP contribution in [-0.2, 0) is 0 Å². The van der Waals surface area contributed by atoms with Crippen LogP contribution in [0.15, 0.2) is 65.1 Å². The van der Waals surface area contributed by atoms with Gasteiger partial charge in [0.2, 0.25) is 0 Å². The van der Waals surface area contributed by atoms with E-state index >= 15 is 0 Å². The molecule has 1 N–H and O–H groups in total. The molecular formula is C19H15FN2O2. The fourth-order valence-electron chi connectivity index (χ4n) is 2.92. The van der Waals surface area contributed by atoms with Crippen molar-refractivity contribution in [2.24, 2.45) is 0 Å². The van der Waals surface area contributed by atoms with Crippen molar-refractivity contribution in [2.75, 3.05) is 10.2 Å². The minimum Gasteiger partial charge on any atom is -0.462 e. The predicted molar refractivity (Wildman–Crippen MR) is 89.5 cm³/mol. The second-order valence-corrected chi connectivity index (χ2v) is 5.69. The highest BCUT2D eigenvalue weighted by atomic mass is 19.1. The summed E-state index contributed by atoms with van der Waals surface area (Å²) in [6, 6.07) is 16.9. The van der Waals surface area contributed by atoms with Gasteiger partial charge < -0.3 is 9.73 Å². The van der Waals surface area contributed by atoms with Gasteiger partial charge >= 0.3 is 0 Å². The molecule has 2 heterocycles. The van der Waals surface area contributed by atoms with E-state index in [-0.39, 0.29) is 11.7 Å². The Morgan fingerprint density at radius 3 is 2.50 bits per heavy atom. The number of nitrogens with one attached hydrogen (secondary N) is 1. The highest BCUT2D eigenvalue weighted by molar-refractivity contribution is 6.12. The number of hydrogen-bond donors (Lipinski definition) is 1. The lowest BCUT2D eigenvalue weighted by atomic mass is 10.1. The Kier molecular flexibility index (Phi) is 3.34. The summed E-state index contributed by atoms with van der Waals surface area (Å²) in [6.45, 7) is 1.85. The molecule has 1 aliphatic heterocycles. The summed E-state index contributed by atoms with van der Waals surface area (Å²) in [5.41, 5.74) is 1.92. The molecule has 0 saturated heterocycles. The Hall–Kier alpha value is -3.08. The number of halogens is 1. The molecule has 5 heteroatoms. The Labute approximate surface area is 138 Å². The standard InChI is InChI=1S/C19H15FN2O2/c1-12-6-11-17(24-12)18-21-16-5-3-2-4-15(16)19(23)22(18)14-9-7-13(20)8-10-14/h2-11,18,21H,1H3/t18-/m0/s1. The maximum absolute atomic E-state index is 13.3. The van der Waals surface area contributed by atoms with Crippen molar-refractivity contribution in [2.45, 2.75) is 13.1 Å². The smallest absolute Gasteiger partial charge is 0.262 e. The first kappa shape index (κ1) is 14.5. The first-order valence-corrected chi connectivity index (χ1v) is 7.64. The summed E-state index contributed by atoms with van der Waals surface area (Å²) < 4.78 is 19.0. The SMILES string of the molecule is Cc1ccc([C@H]2Nc3ccccc3C(=O)N2c2ccc(F)cc2)o1. The largest absolute Gasteiger partial charge is 0.462 e. The number of hydrogen-bond acceptors (Lipinski definition) is 3. The zero-order valence-electron chi connectivity index (χ0n) is 13.0. The van der Waals surface area contributed by atoms with Crippen LogP contribution in [0.4, 0.5) is 15.8 Å². The first-order valence-electron chi connectivity index (χ1n) is 7.64. The molecule has 0 aliphatic carbocycles. The molecule has 1 atom stereocenters. The summed E-state index contributed by atoms with van der Waals surface area (Å²) in [5, 5.41) is 3.34. The van der Waals surface area contributed by atoms with Gasteiger partial charge in [-0.3, -0.25) is 9.69 Å². The highest BCUT2D eigenvalue weighted by Crippen LogP contribution is 2.37. The number of furan rings is 1. The van der Waals surface area contributed by atoms with Crippen LogP contribution in [0.25, 0.3) is 0 Å². The second kappa shape index (κ2) is 5.53. The third-order valence-corrected chi connectivity index (χ3v) is 4.06. The van der Waals surface area contributed by atoms with E-state index in [4.69, 9.17) is 4.42 Å². The molecule has 3 aromatic rings. The maximum Gasteiger partial charge on any atom is 0.262 e. The molecular weight excluding hydrogens is 307 g/mol. The number of nitrogens with zero attached hydrogens (tertiary/aromatic N) is 1. The van der Waals surface area contributed by atoms with Crippen molar-refractivity contribution in [3.8, 4) is 0 Å². The van der Waals surface area contributed by atoms with E-state index in [2.05, 4.69) is 5.32 Å². The maximum atomic E-state index is 13.3. The van der Waals surface area contributed by atoms with Crippen molar-refractivity contribution >= 4 is 17.3 Å². The number of rotatable bonds is 2. The van der Waals surface area contributed by atoms with Crippen molar-refractivity contribution in [1.82, 2.24) is 0 Å². The number of para-hydroxylation sites is 1. The topological polar surface area (TPSA) is 45.5 Å². The van der Waals surface area contributed by atoms with E-state index in [1.807, 2.05) is 37.3 Å². The van der Waals surface area contributed by atoms with Crippen LogP contribution >= 0.6 is 0 Å². The van der Waals surface area contributed by atoms with Gasteiger partial charge in [0.05, 0.1) is 5.56 Å². The Bertz CT molecular complexity index is 902. The molecule has 1 aliphatic rings. The Balaban J connectivity index is 1.85. The van der Waals surface area contributed by atoms with E-state index in [9.17, 15) is 9.18 Å². The fourth-order valence-corrected chi connectivity index (χ4v) is 2.92. The Morgan fingerprint density at radius 2 is 1.79 bits per heavy atom. The second-order valence-electron chi connectivity index (χ2n) is 5.69. The average Bonchev–Trinajstić information content (AvgIpc) is 3.02. The number of anilines is 2.